The average molecular weight is 222 g/mol. The minimum Gasteiger partial charge on any atom is -0.384 e. The van der Waals surface area contributed by atoms with Crippen LogP contribution in [0.1, 0.15) is 30.9 Å². The Labute approximate surface area is 95.9 Å². The standard InChI is InChI=1S/C13H18OS/c1-10-4-3-5-12(8-10)13(14)7-6-11(2)15-9-13/h3-5,8,11,14H,6-7,9H2,1-2H3/t11-,13-/m0/s1. The van der Waals surface area contributed by atoms with Crippen molar-refractivity contribution in [3.63, 3.8) is 0 Å². The van der Waals surface area contributed by atoms with Crippen molar-refractivity contribution in [2.24, 2.45) is 0 Å². The van der Waals surface area contributed by atoms with Crippen LogP contribution in [-0.4, -0.2) is 16.1 Å². The van der Waals surface area contributed by atoms with Gasteiger partial charge in [-0.1, -0.05) is 36.8 Å². The molecule has 1 nitrogen and oxygen atoms in total. The SMILES string of the molecule is Cc1cccc([C@]2(O)CC[C@H](C)SC2)c1. The summed E-state index contributed by atoms with van der Waals surface area (Å²) in [5.41, 5.74) is 1.72. The second-order valence-electron chi connectivity index (χ2n) is 4.56. The fraction of sp³-hybridized carbons (Fsp3) is 0.538. The molecule has 1 saturated heterocycles. The largest absolute Gasteiger partial charge is 0.384 e. The molecule has 1 aliphatic rings. The minimum atomic E-state index is -0.594. The molecule has 1 aromatic carbocycles. The van der Waals surface area contributed by atoms with Crippen molar-refractivity contribution < 1.29 is 5.11 Å². The molecule has 0 aliphatic carbocycles. The summed E-state index contributed by atoms with van der Waals surface area (Å²) >= 11 is 1.88. The zero-order valence-corrected chi connectivity index (χ0v) is 10.2. The smallest absolute Gasteiger partial charge is 0.0987 e. The molecule has 0 unspecified atom stereocenters. The first-order valence-electron chi connectivity index (χ1n) is 5.51. The van der Waals surface area contributed by atoms with E-state index in [0.717, 1.165) is 24.2 Å². The van der Waals surface area contributed by atoms with Crippen molar-refractivity contribution in [1.82, 2.24) is 0 Å². The predicted molar refractivity (Wildman–Crippen MR) is 66.2 cm³/mol. The molecule has 1 N–H and O–H groups in total. The quantitative estimate of drug-likeness (QED) is 0.788. The van der Waals surface area contributed by atoms with Crippen LogP contribution in [0, 0.1) is 6.92 Å². The molecule has 0 bridgehead atoms. The number of hydrogen-bond donors (Lipinski definition) is 1. The van der Waals surface area contributed by atoms with Crippen molar-refractivity contribution in [1.29, 1.82) is 0 Å². The van der Waals surface area contributed by atoms with Crippen molar-refractivity contribution in [2.45, 2.75) is 37.5 Å². The van der Waals surface area contributed by atoms with E-state index in [1.54, 1.807) is 0 Å². The van der Waals surface area contributed by atoms with Gasteiger partial charge in [0.25, 0.3) is 0 Å². The van der Waals surface area contributed by atoms with Crippen LogP contribution in [0.2, 0.25) is 0 Å². The first-order chi connectivity index (χ1) is 7.10. The van der Waals surface area contributed by atoms with Gasteiger partial charge in [-0.15, -0.1) is 0 Å². The molecule has 2 atom stereocenters. The molecular weight excluding hydrogens is 204 g/mol. The Bertz CT molecular complexity index is 340. The van der Waals surface area contributed by atoms with Gasteiger partial charge in [-0.3, -0.25) is 0 Å². The molecule has 1 aromatic rings. The summed E-state index contributed by atoms with van der Waals surface area (Å²) in [5.74, 6) is 0.831. The Kier molecular flexibility index (Phi) is 3.08. The maximum atomic E-state index is 10.6. The summed E-state index contributed by atoms with van der Waals surface area (Å²) in [6.45, 7) is 4.31. The number of thioether (sulfide) groups is 1. The highest BCUT2D eigenvalue weighted by molar-refractivity contribution is 7.99. The van der Waals surface area contributed by atoms with Crippen molar-refractivity contribution >= 4 is 11.8 Å². The highest BCUT2D eigenvalue weighted by Crippen LogP contribution is 2.38. The molecule has 82 valence electrons. The van der Waals surface area contributed by atoms with Crippen LogP contribution in [0.5, 0.6) is 0 Å². The van der Waals surface area contributed by atoms with E-state index in [0.29, 0.717) is 5.25 Å². The number of aliphatic hydroxyl groups is 1. The second-order valence-corrected chi connectivity index (χ2v) is 5.99. The number of hydrogen-bond acceptors (Lipinski definition) is 2. The predicted octanol–water partition coefficient (Wildman–Crippen LogP) is 3.10. The Balaban J connectivity index is 2.22. The monoisotopic (exact) mass is 222 g/mol. The molecule has 1 aliphatic heterocycles. The number of benzene rings is 1. The summed E-state index contributed by atoms with van der Waals surface area (Å²) in [6, 6.07) is 8.26. The van der Waals surface area contributed by atoms with Crippen LogP contribution in [0.3, 0.4) is 0 Å². The molecular formula is C13H18OS. The fourth-order valence-corrected chi connectivity index (χ4v) is 3.20. The summed E-state index contributed by atoms with van der Waals surface area (Å²) in [5, 5.41) is 11.3. The average Bonchev–Trinajstić information content (AvgIpc) is 2.23. The molecule has 1 fully saturated rings. The molecule has 0 amide bonds. The third-order valence-corrected chi connectivity index (χ3v) is 4.58. The Hall–Kier alpha value is -0.470. The van der Waals surface area contributed by atoms with Crippen LogP contribution in [-0.2, 0) is 5.60 Å². The third-order valence-electron chi connectivity index (χ3n) is 3.13. The lowest BCUT2D eigenvalue weighted by Crippen LogP contribution is -2.34. The topological polar surface area (TPSA) is 20.2 Å². The van der Waals surface area contributed by atoms with E-state index in [9.17, 15) is 5.11 Å². The van der Waals surface area contributed by atoms with Gasteiger partial charge in [0.2, 0.25) is 0 Å². The zero-order valence-electron chi connectivity index (χ0n) is 9.36. The van der Waals surface area contributed by atoms with E-state index in [1.807, 2.05) is 23.9 Å². The van der Waals surface area contributed by atoms with E-state index < -0.39 is 5.60 Å². The summed E-state index contributed by atoms with van der Waals surface area (Å²) in [4.78, 5) is 0. The molecule has 2 rings (SSSR count). The number of rotatable bonds is 1. The van der Waals surface area contributed by atoms with Crippen LogP contribution < -0.4 is 0 Å². The lowest BCUT2D eigenvalue weighted by molar-refractivity contribution is 0.0471. The van der Waals surface area contributed by atoms with Gasteiger partial charge in [0.15, 0.2) is 0 Å². The van der Waals surface area contributed by atoms with E-state index in [2.05, 4.69) is 26.0 Å². The van der Waals surface area contributed by atoms with Gasteiger partial charge in [0.05, 0.1) is 5.60 Å². The highest BCUT2D eigenvalue weighted by atomic mass is 32.2. The molecule has 2 heteroatoms. The lowest BCUT2D eigenvalue weighted by Gasteiger charge is -2.35. The van der Waals surface area contributed by atoms with Crippen molar-refractivity contribution in [3.8, 4) is 0 Å². The first-order valence-corrected chi connectivity index (χ1v) is 6.56. The van der Waals surface area contributed by atoms with E-state index in [4.69, 9.17) is 0 Å². The van der Waals surface area contributed by atoms with E-state index in [-0.39, 0.29) is 0 Å². The van der Waals surface area contributed by atoms with Crippen LogP contribution in [0.15, 0.2) is 24.3 Å². The van der Waals surface area contributed by atoms with Gasteiger partial charge in [-0.25, -0.2) is 0 Å². The van der Waals surface area contributed by atoms with Gasteiger partial charge >= 0.3 is 0 Å². The van der Waals surface area contributed by atoms with Crippen molar-refractivity contribution in [2.75, 3.05) is 5.75 Å². The summed E-state index contributed by atoms with van der Waals surface area (Å²) in [6.07, 6.45) is 2.00. The van der Waals surface area contributed by atoms with Crippen LogP contribution in [0.4, 0.5) is 0 Å². The molecule has 0 spiro atoms. The van der Waals surface area contributed by atoms with Gasteiger partial charge in [0, 0.05) is 11.0 Å². The van der Waals surface area contributed by atoms with E-state index in [1.165, 1.54) is 5.56 Å². The Morgan fingerprint density at radius 2 is 2.27 bits per heavy atom. The Morgan fingerprint density at radius 3 is 2.87 bits per heavy atom. The van der Waals surface area contributed by atoms with Crippen molar-refractivity contribution in [3.05, 3.63) is 35.4 Å². The third kappa shape index (κ3) is 2.37. The number of aryl methyl sites for hydroxylation is 1. The van der Waals surface area contributed by atoms with Crippen LogP contribution in [0.25, 0.3) is 0 Å². The van der Waals surface area contributed by atoms with Gasteiger partial charge < -0.3 is 5.11 Å². The van der Waals surface area contributed by atoms with Crippen LogP contribution >= 0.6 is 11.8 Å². The minimum absolute atomic E-state index is 0.594. The maximum Gasteiger partial charge on any atom is 0.0987 e. The molecule has 0 aromatic heterocycles. The lowest BCUT2D eigenvalue weighted by atomic mass is 9.89. The van der Waals surface area contributed by atoms with E-state index >= 15 is 0 Å². The van der Waals surface area contributed by atoms with Gasteiger partial charge in [-0.2, -0.15) is 11.8 Å². The Morgan fingerprint density at radius 1 is 1.47 bits per heavy atom. The highest BCUT2D eigenvalue weighted by Gasteiger charge is 2.33. The summed E-state index contributed by atoms with van der Waals surface area (Å²) < 4.78 is 0. The van der Waals surface area contributed by atoms with Gasteiger partial charge in [0.1, 0.15) is 0 Å². The molecule has 15 heavy (non-hydrogen) atoms. The second kappa shape index (κ2) is 4.18. The molecule has 1 heterocycles. The first kappa shape index (κ1) is 11.0. The molecule has 0 saturated carbocycles. The fourth-order valence-electron chi connectivity index (χ4n) is 2.04. The summed E-state index contributed by atoms with van der Waals surface area (Å²) in [7, 11) is 0. The zero-order chi connectivity index (χ0) is 10.9. The molecule has 0 radical (unpaired) electrons. The maximum absolute atomic E-state index is 10.6. The normalized spacial score (nSPS) is 31.5. The van der Waals surface area contributed by atoms with Gasteiger partial charge in [-0.05, 0) is 25.3 Å².